The first kappa shape index (κ1) is 19.2. The summed E-state index contributed by atoms with van der Waals surface area (Å²) >= 11 is 0. The molecule has 0 saturated carbocycles. The molecule has 5 heteroatoms. The number of carbonyl (C=O) groups is 1. The van der Waals surface area contributed by atoms with Crippen LogP contribution in [0.2, 0.25) is 0 Å². The van der Waals surface area contributed by atoms with Gasteiger partial charge in [0.05, 0.1) is 10.6 Å². The Morgan fingerprint density at radius 3 is 2.03 bits per heavy atom. The SMILES string of the molecule is Cc1ccc(S(=O)(=O)N2C(=O)CC(c3ccccc3)C=C2c2ccccc2)cc1. The third-order valence-corrected chi connectivity index (χ3v) is 6.80. The Bertz CT molecular complexity index is 1150. The molecule has 0 radical (unpaired) electrons. The summed E-state index contributed by atoms with van der Waals surface area (Å²) < 4.78 is 27.8. The number of carbonyl (C=O) groups excluding carboxylic acids is 1. The lowest BCUT2D eigenvalue weighted by atomic mass is 9.90. The van der Waals surface area contributed by atoms with Gasteiger partial charge in [-0.2, -0.15) is 0 Å². The number of rotatable bonds is 4. The minimum absolute atomic E-state index is 0.103. The summed E-state index contributed by atoms with van der Waals surface area (Å²) in [7, 11) is -4.02. The van der Waals surface area contributed by atoms with Crippen molar-refractivity contribution in [3.05, 3.63) is 108 Å². The summed E-state index contributed by atoms with van der Waals surface area (Å²) in [6.45, 7) is 1.89. The Kier molecular flexibility index (Phi) is 5.07. The van der Waals surface area contributed by atoms with Gasteiger partial charge in [-0.15, -0.1) is 0 Å². The maximum absolute atomic E-state index is 13.4. The van der Waals surface area contributed by atoms with Gasteiger partial charge in [0.1, 0.15) is 0 Å². The minimum atomic E-state index is -4.02. The second-order valence-corrected chi connectivity index (χ2v) is 8.90. The van der Waals surface area contributed by atoms with Crippen molar-refractivity contribution in [1.29, 1.82) is 0 Å². The number of benzene rings is 3. The molecule has 1 atom stereocenters. The molecule has 0 saturated heterocycles. The Morgan fingerprint density at radius 2 is 1.41 bits per heavy atom. The van der Waals surface area contributed by atoms with Crippen LogP contribution in [0.1, 0.15) is 29.0 Å². The van der Waals surface area contributed by atoms with Crippen LogP contribution in [0, 0.1) is 6.92 Å². The van der Waals surface area contributed by atoms with Crippen LogP contribution in [0.5, 0.6) is 0 Å². The van der Waals surface area contributed by atoms with E-state index in [4.69, 9.17) is 0 Å². The van der Waals surface area contributed by atoms with Gasteiger partial charge in [-0.25, -0.2) is 12.7 Å². The fourth-order valence-electron chi connectivity index (χ4n) is 3.54. The quantitative estimate of drug-likeness (QED) is 0.632. The normalized spacial score (nSPS) is 17.1. The van der Waals surface area contributed by atoms with E-state index < -0.39 is 15.9 Å². The first-order valence-corrected chi connectivity index (χ1v) is 10.9. The van der Waals surface area contributed by atoms with E-state index in [0.717, 1.165) is 15.4 Å². The van der Waals surface area contributed by atoms with E-state index in [2.05, 4.69) is 0 Å². The van der Waals surface area contributed by atoms with Gasteiger partial charge in [-0.05, 0) is 30.2 Å². The van der Waals surface area contributed by atoms with Crippen LogP contribution in [0.3, 0.4) is 0 Å². The highest BCUT2D eigenvalue weighted by atomic mass is 32.2. The number of sulfonamides is 1. The third kappa shape index (κ3) is 3.74. The largest absolute Gasteiger partial charge is 0.273 e. The molecule has 4 rings (SSSR count). The standard InChI is InChI=1S/C24H21NO3S/c1-18-12-14-22(15-13-18)29(27,28)25-23(20-10-6-3-7-11-20)16-21(17-24(25)26)19-8-4-2-5-9-19/h2-16,21H,17H2,1H3. The molecule has 0 aliphatic carbocycles. The number of allylic oxidation sites excluding steroid dienone is 1. The summed E-state index contributed by atoms with van der Waals surface area (Å²) in [6.07, 6.45) is 1.99. The molecule has 0 aromatic heterocycles. The summed E-state index contributed by atoms with van der Waals surface area (Å²) in [5, 5.41) is 0. The van der Waals surface area contributed by atoms with Crippen molar-refractivity contribution in [2.24, 2.45) is 0 Å². The first-order valence-electron chi connectivity index (χ1n) is 9.44. The molecule has 3 aromatic carbocycles. The zero-order valence-corrected chi connectivity index (χ0v) is 16.8. The average molecular weight is 404 g/mol. The van der Waals surface area contributed by atoms with Crippen LogP contribution < -0.4 is 0 Å². The molecule has 1 heterocycles. The molecule has 4 nitrogen and oxygen atoms in total. The maximum Gasteiger partial charge on any atom is 0.270 e. The fourth-order valence-corrected chi connectivity index (χ4v) is 5.00. The topological polar surface area (TPSA) is 54.5 Å². The zero-order chi connectivity index (χ0) is 20.4. The highest BCUT2D eigenvalue weighted by Crippen LogP contribution is 2.37. The monoisotopic (exact) mass is 403 g/mol. The molecule has 1 amide bonds. The molecule has 0 fully saturated rings. The molecular formula is C24H21NO3S. The van der Waals surface area contributed by atoms with Crippen molar-refractivity contribution in [2.75, 3.05) is 0 Å². The van der Waals surface area contributed by atoms with E-state index in [-0.39, 0.29) is 17.2 Å². The van der Waals surface area contributed by atoms with Gasteiger partial charge in [0.25, 0.3) is 10.0 Å². The summed E-state index contributed by atoms with van der Waals surface area (Å²) in [5.74, 6) is -0.607. The Hall–Kier alpha value is -3.18. The highest BCUT2D eigenvalue weighted by Gasteiger charge is 2.37. The van der Waals surface area contributed by atoms with E-state index in [1.54, 1.807) is 24.3 Å². The highest BCUT2D eigenvalue weighted by molar-refractivity contribution is 7.90. The van der Waals surface area contributed by atoms with Crippen molar-refractivity contribution >= 4 is 21.6 Å². The van der Waals surface area contributed by atoms with Gasteiger partial charge in [0.2, 0.25) is 5.91 Å². The van der Waals surface area contributed by atoms with Gasteiger partial charge >= 0.3 is 0 Å². The van der Waals surface area contributed by atoms with Crippen molar-refractivity contribution in [3.63, 3.8) is 0 Å². The molecule has 3 aromatic rings. The van der Waals surface area contributed by atoms with Crippen LogP contribution in [-0.4, -0.2) is 18.6 Å². The number of amides is 1. The van der Waals surface area contributed by atoms with E-state index in [1.807, 2.05) is 73.7 Å². The molecule has 0 spiro atoms. The Morgan fingerprint density at radius 1 is 0.828 bits per heavy atom. The maximum atomic E-state index is 13.4. The summed E-state index contributed by atoms with van der Waals surface area (Å²) in [6, 6.07) is 25.4. The van der Waals surface area contributed by atoms with Gasteiger partial charge in [0, 0.05) is 12.3 Å². The molecule has 0 bridgehead atoms. The minimum Gasteiger partial charge on any atom is -0.273 e. The predicted molar refractivity (Wildman–Crippen MR) is 113 cm³/mol. The number of nitrogens with zero attached hydrogens (tertiary/aromatic N) is 1. The van der Waals surface area contributed by atoms with Gasteiger partial charge in [0.15, 0.2) is 0 Å². The van der Waals surface area contributed by atoms with E-state index in [0.29, 0.717) is 11.3 Å². The second-order valence-electron chi connectivity index (χ2n) is 7.12. The Balaban J connectivity index is 1.86. The molecule has 1 aliphatic rings. The average Bonchev–Trinajstić information content (AvgIpc) is 2.74. The van der Waals surface area contributed by atoms with E-state index >= 15 is 0 Å². The lowest BCUT2D eigenvalue weighted by molar-refractivity contribution is -0.124. The van der Waals surface area contributed by atoms with E-state index in [1.165, 1.54) is 0 Å². The van der Waals surface area contributed by atoms with Gasteiger partial charge < -0.3 is 0 Å². The first-order chi connectivity index (χ1) is 14.0. The molecule has 0 N–H and O–H groups in total. The number of aryl methyl sites for hydroxylation is 1. The molecule has 1 aliphatic heterocycles. The van der Waals surface area contributed by atoms with Crippen molar-refractivity contribution in [1.82, 2.24) is 4.31 Å². The van der Waals surface area contributed by atoms with Crippen LogP contribution in [0.25, 0.3) is 5.70 Å². The molecule has 1 unspecified atom stereocenters. The zero-order valence-electron chi connectivity index (χ0n) is 16.0. The lowest BCUT2D eigenvalue weighted by Gasteiger charge is -2.32. The summed E-state index contributed by atoms with van der Waals surface area (Å²) in [4.78, 5) is 13.3. The van der Waals surface area contributed by atoms with Gasteiger partial charge in [-0.1, -0.05) is 84.4 Å². The molecule has 146 valence electrons. The second kappa shape index (κ2) is 7.68. The van der Waals surface area contributed by atoms with Gasteiger partial charge in [-0.3, -0.25) is 4.79 Å². The molecule has 29 heavy (non-hydrogen) atoms. The Labute approximate surface area is 171 Å². The smallest absolute Gasteiger partial charge is 0.270 e. The predicted octanol–water partition coefficient (Wildman–Crippen LogP) is 4.74. The van der Waals surface area contributed by atoms with Crippen LogP contribution in [-0.2, 0) is 14.8 Å². The van der Waals surface area contributed by atoms with Crippen molar-refractivity contribution in [3.8, 4) is 0 Å². The van der Waals surface area contributed by atoms with Crippen molar-refractivity contribution in [2.45, 2.75) is 24.2 Å². The van der Waals surface area contributed by atoms with Crippen LogP contribution in [0.15, 0.2) is 95.9 Å². The fraction of sp³-hybridized carbons (Fsp3) is 0.125. The van der Waals surface area contributed by atoms with E-state index in [9.17, 15) is 13.2 Å². The molecular weight excluding hydrogens is 382 g/mol. The lowest BCUT2D eigenvalue weighted by Crippen LogP contribution is -2.39. The number of hydrogen-bond acceptors (Lipinski definition) is 3. The summed E-state index contributed by atoms with van der Waals surface area (Å²) in [5.41, 5.74) is 3.03. The van der Waals surface area contributed by atoms with Crippen LogP contribution >= 0.6 is 0 Å². The number of hydrogen-bond donors (Lipinski definition) is 0. The van der Waals surface area contributed by atoms with Crippen molar-refractivity contribution < 1.29 is 13.2 Å². The van der Waals surface area contributed by atoms with Crippen LogP contribution in [0.4, 0.5) is 0 Å². The third-order valence-electron chi connectivity index (χ3n) is 5.06.